The molecule has 326 valence electrons. The van der Waals surface area contributed by atoms with E-state index in [1.807, 2.05) is 72.8 Å². The molecular formula is C58H61N2O4+. The van der Waals surface area contributed by atoms with Crippen LogP contribution >= 0.6 is 0 Å². The molecule has 5 aromatic rings. The Morgan fingerprint density at radius 3 is 1.80 bits per heavy atom. The molecule has 0 saturated heterocycles. The van der Waals surface area contributed by atoms with Gasteiger partial charge in [-0.25, -0.2) is 0 Å². The number of para-hydroxylation sites is 4. The zero-order chi connectivity index (χ0) is 43.9. The molecule has 0 bridgehead atoms. The van der Waals surface area contributed by atoms with Crippen LogP contribution in [-0.2, 0) is 10.8 Å². The van der Waals surface area contributed by atoms with Crippen LogP contribution < -0.4 is 35.7 Å². The molecule has 0 radical (unpaired) electrons. The minimum absolute atomic E-state index is 0.172. The number of anilines is 1. The quantitative estimate of drug-likeness (QED) is 0.0577. The van der Waals surface area contributed by atoms with E-state index in [0.717, 1.165) is 80.0 Å². The Bertz CT molecular complexity index is 2740. The van der Waals surface area contributed by atoms with E-state index >= 15 is 0 Å². The first-order valence-electron chi connectivity index (χ1n) is 23.5. The smallest absolute Gasteiger partial charge is 0.209 e. The van der Waals surface area contributed by atoms with Gasteiger partial charge in [0.15, 0.2) is 12.3 Å². The second-order valence-corrected chi connectivity index (χ2v) is 18.4. The second kappa shape index (κ2) is 19.2. The van der Waals surface area contributed by atoms with Crippen LogP contribution in [0.1, 0.15) is 76.3 Å². The average molecular weight is 850 g/mol. The summed E-state index contributed by atoms with van der Waals surface area (Å²) in [7, 11) is 0. The fourth-order valence-corrected chi connectivity index (χ4v) is 10.8. The van der Waals surface area contributed by atoms with Crippen molar-refractivity contribution in [3.63, 3.8) is 0 Å². The van der Waals surface area contributed by atoms with Gasteiger partial charge in [-0.1, -0.05) is 154 Å². The van der Waals surface area contributed by atoms with E-state index in [1.165, 1.54) is 11.1 Å². The average Bonchev–Trinajstić information content (AvgIpc) is 4.14. The predicted octanol–water partition coefficient (Wildman–Crippen LogP) is 9.81. The molecule has 3 unspecified atom stereocenters. The third-order valence-electron chi connectivity index (χ3n) is 14.3. The van der Waals surface area contributed by atoms with Gasteiger partial charge in [0, 0.05) is 28.8 Å². The number of rotatable bonds is 20. The van der Waals surface area contributed by atoms with Gasteiger partial charge < -0.3 is 14.4 Å². The number of fused-ring (bicyclic) bond motifs is 2. The summed E-state index contributed by atoms with van der Waals surface area (Å²) in [5.41, 5.74) is 4.67. The van der Waals surface area contributed by atoms with Gasteiger partial charge in [-0.15, -0.1) is 0 Å². The maximum absolute atomic E-state index is 14.7. The van der Waals surface area contributed by atoms with E-state index in [4.69, 9.17) is 9.47 Å². The van der Waals surface area contributed by atoms with Crippen molar-refractivity contribution in [3.8, 4) is 11.5 Å². The van der Waals surface area contributed by atoms with Gasteiger partial charge in [0.25, 0.3) is 0 Å². The lowest BCUT2D eigenvalue weighted by Crippen LogP contribution is -2.66. The molecule has 3 atom stereocenters. The topological polar surface area (TPSA) is 58.8 Å². The minimum Gasteiger partial charge on any atom is -0.492 e. The second-order valence-electron chi connectivity index (χ2n) is 18.4. The molecule has 5 aromatic carbocycles. The number of benzene rings is 4. The highest BCUT2D eigenvalue weighted by atomic mass is 16.5. The molecule has 6 nitrogen and oxygen atoms in total. The number of nitrogens with zero attached hydrogens (tertiary/aromatic N) is 2. The number of hydrogen-bond acceptors (Lipinski definition) is 5. The molecule has 0 N–H and O–H groups in total. The Labute approximate surface area is 378 Å². The van der Waals surface area contributed by atoms with Crippen LogP contribution in [-0.4, -0.2) is 42.6 Å². The van der Waals surface area contributed by atoms with Crippen LogP contribution in [0.25, 0.3) is 12.2 Å². The standard InChI is InChI=1S/C58H61N2O4/c1-57(35-19-17-25-43-21-9-10-22-43)49-31-13-15-33-51(49)59(37-39-63-45-27-5-3-6-28-45)53(57)41-47-55(61)48(56(47)62)42-54-58(2,36-20-18-26-44-23-11-12-24-44)50-32-14-16-34-52(50)60(54)38-40-64-46-29-7-4-8-30-46/h3-16,21-24,27-34,41-44,53H,17-20,25-26,35-40H2,1-2H3/q+1. The van der Waals surface area contributed by atoms with E-state index in [0.29, 0.717) is 43.4 Å². The van der Waals surface area contributed by atoms with Crippen molar-refractivity contribution < 1.29 is 14.0 Å². The van der Waals surface area contributed by atoms with Gasteiger partial charge >= 0.3 is 0 Å². The Kier molecular flexibility index (Phi) is 12.9. The molecular weight excluding hydrogens is 789 g/mol. The highest BCUT2D eigenvalue weighted by Gasteiger charge is 2.48. The predicted molar refractivity (Wildman–Crippen MR) is 262 cm³/mol. The normalized spacial score (nSPS) is 21.0. The zero-order valence-electron chi connectivity index (χ0n) is 37.4. The van der Waals surface area contributed by atoms with Gasteiger partial charge in [0.05, 0.1) is 28.4 Å². The molecule has 2 aliphatic carbocycles. The number of ether oxygens (including phenoxy) is 2. The highest BCUT2D eigenvalue weighted by molar-refractivity contribution is 6.15. The van der Waals surface area contributed by atoms with E-state index in [2.05, 4.69) is 120 Å². The summed E-state index contributed by atoms with van der Waals surface area (Å²) in [6, 6.07) is 36.8. The molecule has 0 aromatic heterocycles. The molecule has 6 heteroatoms. The molecule has 0 fully saturated rings. The molecule has 4 aliphatic rings. The van der Waals surface area contributed by atoms with Crippen LogP contribution in [0.15, 0.2) is 167 Å². The Balaban J connectivity index is 1.07. The first-order valence-corrected chi connectivity index (χ1v) is 23.5. The number of hydrogen-bond donors (Lipinski definition) is 0. The van der Waals surface area contributed by atoms with Crippen LogP contribution in [0.3, 0.4) is 0 Å². The van der Waals surface area contributed by atoms with Gasteiger partial charge in [-0.2, -0.15) is 4.58 Å². The van der Waals surface area contributed by atoms with Crippen LogP contribution in [0, 0.1) is 11.8 Å². The lowest BCUT2D eigenvalue weighted by molar-refractivity contribution is -0.439. The Morgan fingerprint density at radius 1 is 0.609 bits per heavy atom. The first-order chi connectivity index (χ1) is 31.3. The lowest BCUT2D eigenvalue weighted by Gasteiger charge is -2.35. The Hall–Kier alpha value is -6.27. The fourth-order valence-electron chi connectivity index (χ4n) is 10.8. The molecule has 9 rings (SSSR count). The number of unbranched alkanes of at least 4 members (excludes halogenated alkanes) is 2. The molecule has 0 saturated carbocycles. The van der Waals surface area contributed by atoms with Crippen LogP contribution in [0.4, 0.5) is 11.4 Å². The van der Waals surface area contributed by atoms with Gasteiger partial charge in [0.1, 0.15) is 24.7 Å². The van der Waals surface area contributed by atoms with Gasteiger partial charge in [-0.3, -0.25) is 9.59 Å². The van der Waals surface area contributed by atoms with Crippen LogP contribution in [0.5, 0.6) is 11.5 Å². The summed E-state index contributed by atoms with van der Waals surface area (Å²) in [6.45, 7) is 6.74. The summed E-state index contributed by atoms with van der Waals surface area (Å²) >= 11 is 0. The lowest BCUT2D eigenvalue weighted by atomic mass is 9.73. The van der Waals surface area contributed by atoms with E-state index in [-0.39, 0.29) is 27.5 Å². The summed E-state index contributed by atoms with van der Waals surface area (Å²) in [4.78, 5) is 31.7. The minimum atomic E-state index is -0.400. The third-order valence-corrected chi connectivity index (χ3v) is 14.3. The monoisotopic (exact) mass is 849 g/mol. The van der Waals surface area contributed by atoms with Gasteiger partial charge in [-0.05, 0) is 86.4 Å². The van der Waals surface area contributed by atoms with Crippen molar-refractivity contribution >= 4 is 29.2 Å². The van der Waals surface area contributed by atoms with Crippen molar-refractivity contribution in [2.45, 2.75) is 82.1 Å². The zero-order valence-corrected chi connectivity index (χ0v) is 37.4. The van der Waals surface area contributed by atoms with Crippen molar-refractivity contribution in [2.75, 3.05) is 31.2 Å². The van der Waals surface area contributed by atoms with Gasteiger partial charge in [0.2, 0.25) is 16.5 Å². The maximum Gasteiger partial charge on any atom is 0.209 e. The molecule has 2 heterocycles. The summed E-state index contributed by atoms with van der Waals surface area (Å²) in [5.74, 6) is 2.63. The maximum atomic E-state index is 14.7. The van der Waals surface area contributed by atoms with E-state index in [9.17, 15) is 9.59 Å². The largest absolute Gasteiger partial charge is 0.492 e. The summed E-state index contributed by atoms with van der Waals surface area (Å²) in [6.07, 6.45) is 29.9. The highest BCUT2D eigenvalue weighted by Crippen LogP contribution is 2.49. The third kappa shape index (κ3) is 8.80. The first kappa shape index (κ1) is 43.0. The van der Waals surface area contributed by atoms with E-state index < -0.39 is 5.41 Å². The molecule has 0 spiro atoms. The molecule has 2 aliphatic heterocycles. The summed E-state index contributed by atoms with van der Waals surface area (Å²) < 4.78 is 14.8. The van der Waals surface area contributed by atoms with Crippen molar-refractivity contribution in [2.24, 2.45) is 11.8 Å². The SMILES string of the molecule is CC1(CCCCC2C=CC=C2)C(C=c2c(=O)c(=CC3N(CCOc4ccccc4)c4ccccc4C3(C)CCCCC3C=CC=C3)c2=O)=[N+](CCOc2ccccc2)c2ccccc21. The number of allylic oxidation sites excluding steroid dienone is 8. The summed E-state index contributed by atoms with van der Waals surface area (Å²) in [5, 5.41) is 0.560. The van der Waals surface area contributed by atoms with E-state index in [1.54, 1.807) is 0 Å². The fraction of sp³-hybridized carbons (Fsp3) is 0.328. The van der Waals surface area contributed by atoms with Crippen molar-refractivity contribution in [3.05, 3.63) is 200 Å². The van der Waals surface area contributed by atoms with Crippen LogP contribution in [0.2, 0.25) is 0 Å². The van der Waals surface area contributed by atoms with Crippen molar-refractivity contribution in [1.82, 2.24) is 0 Å². The Morgan fingerprint density at radius 2 is 1.16 bits per heavy atom. The molecule has 0 amide bonds. The van der Waals surface area contributed by atoms with Crippen molar-refractivity contribution in [1.29, 1.82) is 0 Å². The molecule has 64 heavy (non-hydrogen) atoms.